The first-order chi connectivity index (χ1) is 8.11. The van der Waals surface area contributed by atoms with Gasteiger partial charge in [-0.2, -0.15) is 0 Å². The molecule has 1 heterocycles. The van der Waals surface area contributed by atoms with Gasteiger partial charge >= 0.3 is 0 Å². The van der Waals surface area contributed by atoms with Crippen LogP contribution in [-0.4, -0.2) is 68.8 Å². The second-order valence-corrected chi connectivity index (χ2v) is 5.55. The van der Waals surface area contributed by atoms with Crippen LogP contribution in [-0.2, 0) is 4.74 Å². The zero-order valence-electron chi connectivity index (χ0n) is 11.7. The third-order valence-electron chi connectivity index (χ3n) is 3.09. The summed E-state index contributed by atoms with van der Waals surface area (Å²) in [6.45, 7) is 11.6. The van der Waals surface area contributed by atoms with Gasteiger partial charge in [0.1, 0.15) is 0 Å². The fourth-order valence-corrected chi connectivity index (χ4v) is 2.45. The fourth-order valence-electron chi connectivity index (χ4n) is 2.45. The van der Waals surface area contributed by atoms with Crippen LogP contribution in [0, 0.1) is 5.92 Å². The average Bonchev–Trinajstić information content (AvgIpc) is 2.25. The minimum absolute atomic E-state index is 0.366. The number of likely N-dealkylation sites (N-methyl/N-ethyl adjacent to an activating group) is 1. The summed E-state index contributed by atoms with van der Waals surface area (Å²) in [6.07, 6.45) is 1.46. The molecule has 0 amide bonds. The fraction of sp³-hybridized carbons (Fsp3) is 1.00. The van der Waals surface area contributed by atoms with Crippen molar-refractivity contribution in [1.82, 2.24) is 9.80 Å². The summed E-state index contributed by atoms with van der Waals surface area (Å²) in [5, 5.41) is 0. The van der Waals surface area contributed by atoms with E-state index in [1.165, 1.54) is 0 Å². The van der Waals surface area contributed by atoms with Gasteiger partial charge in [0.2, 0.25) is 0 Å². The van der Waals surface area contributed by atoms with E-state index in [4.69, 9.17) is 10.5 Å². The Labute approximate surface area is 106 Å². The summed E-state index contributed by atoms with van der Waals surface area (Å²) in [5.74, 6) is 0.719. The maximum absolute atomic E-state index is 5.83. The minimum Gasteiger partial charge on any atom is -0.374 e. The molecule has 0 bridgehead atoms. The first-order valence-corrected chi connectivity index (χ1v) is 6.84. The van der Waals surface area contributed by atoms with Gasteiger partial charge in [0, 0.05) is 26.2 Å². The van der Waals surface area contributed by atoms with Crippen LogP contribution < -0.4 is 5.73 Å². The van der Waals surface area contributed by atoms with Crippen molar-refractivity contribution in [2.24, 2.45) is 11.7 Å². The second kappa shape index (κ2) is 8.03. The number of nitrogens with two attached hydrogens (primary N) is 1. The maximum atomic E-state index is 5.83. The largest absolute Gasteiger partial charge is 0.374 e. The highest BCUT2D eigenvalue weighted by Gasteiger charge is 2.21. The van der Waals surface area contributed by atoms with Crippen molar-refractivity contribution in [3.63, 3.8) is 0 Å². The SMILES string of the molecule is CC(C)CN(C)CC1CN(CCCN)CCO1. The molecule has 0 aliphatic carbocycles. The van der Waals surface area contributed by atoms with Crippen LogP contribution in [0.2, 0.25) is 0 Å². The maximum Gasteiger partial charge on any atom is 0.0829 e. The highest BCUT2D eigenvalue weighted by Crippen LogP contribution is 2.08. The van der Waals surface area contributed by atoms with E-state index in [-0.39, 0.29) is 0 Å². The topological polar surface area (TPSA) is 41.7 Å². The molecule has 0 saturated carbocycles. The zero-order chi connectivity index (χ0) is 12.7. The van der Waals surface area contributed by atoms with Crippen molar-refractivity contribution >= 4 is 0 Å². The van der Waals surface area contributed by atoms with E-state index in [0.717, 1.165) is 58.2 Å². The summed E-state index contributed by atoms with van der Waals surface area (Å²) < 4.78 is 5.83. The molecule has 4 nitrogen and oxygen atoms in total. The molecule has 102 valence electrons. The van der Waals surface area contributed by atoms with E-state index in [9.17, 15) is 0 Å². The van der Waals surface area contributed by atoms with E-state index in [1.54, 1.807) is 0 Å². The van der Waals surface area contributed by atoms with Gasteiger partial charge in [0.25, 0.3) is 0 Å². The molecule has 4 heteroatoms. The summed E-state index contributed by atoms with van der Waals surface area (Å²) in [5.41, 5.74) is 5.55. The Kier molecular flexibility index (Phi) is 7.04. The molecule has 1 atom stereocenters. The van der Waals surface area contributed by atoms with Gasteiger partial charge in [-0.3, -0.25) is 4.90 Å². The lowest BCUT2D eigenvalue weighted by Gasteiger charge is -2.35. The first kappa shape index (κ1) is 14.9. The molecule has 0 aromatic heterocycles. The van der Waals surface area contributed by atoms with Crippen LogP contribution in [0.5, 0.6) is 0 Å². The molecule has 0 aromatic carbocycles. The minimum atomic E-state index is 0.366. The van der Waals surface area contributed by atoms with Gasteiger partial charge in [0.15, 0.2) is 0 Å². The molecule has 1 aliphatic heterocycles. The lowest BCUT2D eigenvalue weighted by Crippen LogP contribution is -2.47. The molecule has 0 aromatic rings. The predicted octanol–water partition coefficient (Wildman–Crippen LogP) is 0.624. The molecule has 17 heavy (non-hydrogen) atoms. The van der Waals surface area contributed by atoms with Crippen molar-refractivity contribution in [2.75, 3.05) is 52.9 Å². The quantitative estimate of drug-likeness (QED) is 0.712. The molecular weight excluding hydrogens is 214 g/mol. The number of morpholine rings is 1. The number of hydrogen-bond acceptors (Lipinski definition) is 4. The molecule has 1 aliphatic rings. The molecule has 1 fully saturated rings. The first-order valence-electron chi connectivity index (χ1n) is 6.84. The molecule has 0 radical (unpaired) electrons. The standard InChI is InChI=1S/C13H29N3O/c1-12(2)9-15(3)10-13-11-16(6-4-5-14)7-8-17-13/h12-13H,4-11,14H2,1-3H3. The smallest absolute Gasteiger partial charge is 0.0829 e. The summed E-state index contributed by atoms with van der Waals surface area (Å²) >= 11 is 0. The van der Waals surface area contributed by atoms with Gasteiger partial charge < -0.3 is 15.4 Å². The molecule has 1 rings (SSSR count). The third-order valence-corrected chi connectivity index (χ3v) is 3.09. The van der Waals surface area contributed by atoms with Crippen LogP contribution in [0.15, 0.2) is 0 Å². The third kappa shape index (κ3) is 6.36. The lowest BCUT2D eigenvalue weighted by atomic mass is 10.2. The van der Waals surface area contributed by atoms with Crippen LogP contribution in [0.1, 0.15) is 20.3 Å². The Hall–Kier alpha value is -0.160. The van der Waals surface area contributed by atoms with E-state index < -0.39 is 0 Å². The van der Waals surface area contributed by atoms with Crippen LogP contribution >= 0.6 is 0 Å². The highest BCUT2D eigenvalue weighted by atomic mass is 16.5. The van der Waals surface area contributed by atoms with E-state index in [2.05, 4.69) is 30.7 Å². The van der Waals surface area contributed by atoms with E-state index in [1.807, 2.05) is 0 Å². The van der Waals surface area contributed by atoms with E-state index >= 15 is 0 Å². The average molecular weight is 243 g/mol. The lowest BCUT2D eigenvalue weighted by molar-refractivity contribution is -0.0413. The molecule has 1 unspecified atom stereocenters. The van der Waals surface area contributed by atoms with E-state index in [0.29, 0.717) is 6.10 Å². The number of nitrogens with zero attached hydrogens (tertiary/aromatic N) is 2. The Bertz CT molecular complexity index is 199. The Balaban J connectivity index is 2.24. The molecule has 0 spiro atoms. The molecule has 2 N–H and O–H groups in total. The Morgan fingerprint density at radius 2 is 2.24 bits per heavy atom. The normalized spacial score (nSPS) is 22.6. The number of rotatable bonds is 7. The van der Waals surface area contributed by atoms with Crippen molar-refractivity contribution in [2.45, 2.75) is 26.4 Å². The van der Waals surface area contributed by atoms with Crippen LogP contribution in [0.3, 0.4) is 0 Å². The zero-order valence-corrected chi connectivity index (χ0v) is 11.7. The van der Waals surface area contributed by atoms with Crippen LogP contribution in [0.4, 0.5) is 0 Å². The number of ether oxygens (including phenoxy) is 1. The van der Waals surface area contributed by atoms with Crippen molar-refractivity contribution in [1.29, 1.82) is 0 Å². The molecule has 1 saturated heterocycles. The van der Waals surface area contributed by atoms with Gasteiger partial charge in [-0.15, -0.1) is 0 Å². The monoisotopic (exact) mass is 243 g/mol. The van der Waals surface area contributed by atoms with Crippen molar-refractivity contribution in [3.8, 4) is 0 Å². The van der Waals surface area contributed by atoms with Gasteiger partial charge in [-0.25, -0.2) is 0 Å². The second-order valence-electron chi connectivity index (χ2n) is 5.55. The van der Waals surface area contributed by atoms with Gasteiger partial charge in [-0.05, 0) is 32.5 Å². The predicted molar refractivity (Wildman–Crippen MR) is 72.2 cm³/mol. The van der Waals surface area contributed by atoms with Gasteiger partial charge in [0.05, 0.1) is 12.7 Å². The Morgan fingerprint density at radius 3 is 2.88 bits per heavy atom. The van der Waals surface area contributed by atoms with Crippen molar-refractivity contribution < 1.29 is 4.74 Å². The summed E-state index contributed by atoms with van der Waals surface area (Å²) in [6, 6.07) is 0. The summed E-state index contributed by atoms with van der Waals surface area (Å²) in [7, 11) is 2.18. The number of hydrogen-bond donors (Lipinski definition) is 1. The van der Waals surface area contributed by atoms with Gasteiger partial charge in [-0.1, -0.05) is 13.8 Å². The highest BCUT2D eigenvalue weighted by molar-refractivity contribution is 4.74. The van der Waals surface area contributed by atoms with Crippen LogP contribution in [0.25, 0.3) is 0 Å². The van der Waals surface area contributed by atoms with Crippen molar-refractivity contribution in [3.05, 3.63) is 0 Å². The Morgan fingerprint density at radius 1 is 1.47 bits per heavy atom. The summed E-state index contributed by atoms with van der Waals surface area (Å²) in [4.78, 5) is 4.85. The molecular formula is C13H29N3O.